The molecule has 0 saturated carbocycles. The standard InChI is InChI=1S/C14H22N4O/c1-10-8-11(4-5-13(10)14(15)16-19)18-7-6-12(9-18)17(2)3/h4-5,8,12,19H,6-7,9H2,1-3H3,(H2,15,16). The quantitative estimate of drug-likeness (QED) is 0.372. The highest BCUT2D eigenvalue weighted by molar-refractivity contribution is 5.98. The second kappa shape index (κ2) is 5.48. The summed E-state index contributed by atoms with van der Waals surface area (Å²) in [5.41, 5.74) is 8.66. The molecular weight excluding hydrogens is 240 g/mol. The van der Waals surface area contributed by atoms with E-state index >= 15 is 0 Å². The predicted molar refractivity (Wildman–Crippen MR) is 78.0 cm³/mol. The van der Waals surface area contributed by atoms with E-state index < -0.39 is 0 Å². The molecule has 1 heterocycles. The van der Waals surface area contributed by atoms with Crippen LogP contribution in [0.25, 0.3) is 0 Å². The summed E-state index contributed by atoms with van der Waals surface area (Å²) in [4.78, 5) is 4.66. The molecule has 1 unspecified atom stereocenters. The molecule has 5 heteroatoms. The van der Waals surface area contributed by atoms with Gasteiger partial charge in [-0.05, 0) is 51.2 Å². The molecule has 1 aromatic rings. The number of aryl methyl sites for hydroxylation is 1. The maximum Gasteiger partial charge on any atom is 0.170 e. The fraction of sp³-hybridized carbons (Fsp3) is 0.500. The molecule has 0 aromatic heterocycles. The van der Waals surface area contributed by atoms with E-state index in [2.05, 4.69) is 35.1 Å². The molecule has 19 heavy (non-hydrogen) atoms. The zero-order valence-corrected chi connectivity index (χ0v) is 11.8. The lowest BCUT2D eigenvalue weighted by molar-refractivity contribution is 0.315. The second-order valence-corrected chi connectivity index (χ2v) is 5.34. The van der Waals surface area contributed by atoms with Gasteiger partial charge in [-0.15, -0.1) is 0 Å². The van der Waals surface area contributed by atoms with Crippen molar-refractivity contribution < 1.29 is 5.21 Å². The van der Waals surface area contributed by atoms with Gasteiger partial charge in [-0.2, -0.15) is 0 Å². The van der Waals surface area contributed by atoms with Crippen molar-refractivity contribution in [3.63, 3.8) is 0 Å². The number of likely N-dealkylation sites (N-methyl/N-ethyl adjacent to an activating group) is 1. The third kappa shape index (κ3) is 2.81. The Balaban J connectivity index is 2.17. The minimum absolute atomic E-state index is 0.164. The molecule has 3 N–H and O–H groups in total. The van der Waals surface area contributed by atoms with Crippen molar-refractivity contribution in [1.82, 2.24) is 4.90 Å². The molecule has 2 rings (SSSR count). The Hall–Kier alpha value is -1.75. The first-order chi connectivity index (χ1) is 9.02. The van der Waals surface area contributed by atoms with Crippen molar-refractivity contribution in [3.8, 4) is 0 Å². The Bertz CT molecular complexity index is 484. The van der Waals surface area contributed by atoms with Gasteiger partial charge in [0.2, 0.25) is 0 Å². The lowest BCUT2D eigenvalue weighted by Crippen LogP contribution is -2.31. The van der Waals surface area contributed by atoms with Crippen LogP contribution in [0.2, 0.25) is 0 Å². The maximum absolute atomic E-state index is 8.74. The van der Waals surface area contributed by atoms with Crippen LogP contribution in [0.1, 0.15) is 17.5 Å². The van der Waals surface area contributed by atoms with Crippen LogP contribution in [0, 0.1) is 6.92 Å². The van der Waals surface area contributed by atoms with Gasteiger partial charge in [0.1, 0.15) is 0 Å². The zero-order chi connectivity index (χ0) is 14.0. The highest BCUT2D eigenvalue weighted by Crippen LogP contribution is 2.24. The highest BCUT2D eigenvalue weighted by atomic mass is 16.4. The first kappa shape index (κ1) is 13.7. The van der Waals surface area contributed by atoms with Crippen molar-refractivity contribution in [3.05, 3.63) is 29.3 Å². The molecular formula is C14H22N4O. The number of nitrogens with two attached hydrogens (primary N) is 1. The zero-order valence-electron chi connectivity index (χ0n) is 11.8. The molecule has 1 aromatic carbocycles. The van der Waals surface area contributed by atoms with Crippen LogP contribution in [-0.4, -0.2) is 49.2 Å². The fourth-order valence-electron chi connectivity index (χ4n) is 2.58. The molecule has 5 nitrogen and oxygen atoms in total. The molecule has 0 aliphatic carbocycles. The SMILES string of the molecule is Cc1cc(N2CCC(N(C)C)C2)ccc1/C(N)=N/O. The first-order valence-corrected chi connectivity index (χ1v) is 6.53. The number of anilines is 1. The minimum Gasteiger partial charge on any atom is -0.409 e. The van der Waals surface area contributed by atoms with E-state index in [1.807, 2.05) is 19.1 Å². The summed E-state index contributed by atoms with van der Waals surface area (Å²) in [5, 5.41) is 11.8. The summed E-state index contributed by atoms with van der Waals surface area (Å²) in [5.74, 6) is 0.164. The molecule has 1 aliphatic rings. The second-order valence-electron chi connectivity index (χ2n) is 5.34. The van der Waals surface area contributed by atoms with Gasteiger partial charge in [-0.3, -0.25) is 0 Å². The Kier molecular flexibility index (Phi) is 3.95. The number of benzene rings is 1. The van der Waals surface area contributed by atoms with Crippen molar-refractivity contribution in [2.75, 3.05) is 32.1 Å². The fourth-order valence-corrected chi connectivity index (χ4v) is 2.58. The van der Waals surface area contributed by atoms with Crippen LogP contribution in [0.3, 0.4) is 0 Å². The number of rotatable bonds is 3. The molecule has 104 valence electrons. The largest absolute Gasteiger partial charge is 0.409 e. The van der Waals surface area contributed by atoms with Gasteiger partial charge in [0.15, 0.2) is 5.84 Å². The summed E-state index contributed by atoms with van der Waals surface area (Å²) >= 11 is 0. The van der Waals surface area contributed by atoms with Crippen LogP contribution < -0.4 is 10.6 Å². The summed E-state index contributed by atoms with van der Waals surface area (Å²) in [6.45, 7) is 4.11. The Labute approximate surface area is 114 Å². The summed E-state index contributed by atoms with van der Waals surface area (Å²) in [6, 6.07) is 6.68. The molecule has 1 fully saturated rings. The van der Waals surface area contributed by atoms with E-state index in [1.54, 1.807) is 0 Å². The van der Waals surface area contributed by atoms with E-state index in [1.165, 1.54) is 12.1 Å². The summed E-state index contributed by atoms with van der Waals surface area (Å²) in [6.07, 6.45) is 1.19. The lowest BCUT2D eigenvalue weighted by Gasteiger charge is -2.22. The van der Waals surface area contributed by atoms with E-state index in [0.717, 1.165) is 24.2 Å². The predicted octanol–water partition coefficient (Wildman–Crippen LogP) is 1.23. The number of nitrogens with zero attached hydrogens (tertiary/aromatic N) is 3. The van der Waals surface area contributed by atoms with Gasteiger partial charge in [-0.1, -0.05) is 5.16 Å². The van der Waals surface area contributed by atoms with Crippen LogP contribution in [-0.2, 0) is 0 Å². The van der Waals surface area contributed by atoms with E-state index in [9.17, 15) is 0 Å². The number of hydrogen-bond donors (Lipinski definition) is 2. The van der Waals surface area contributed by atoms with Gasteiger partial charge in [0.05, 0.1) is 0 Å². The van der Waals surface area contributed by atoms with Crippen LogP contribution in [0.4, 0.5) is 5.69 Å². The molecule has 0 bridgehead atoms. The first-order valence-electron chi connectivity index (χ1n) is 6.53. The normalized spacial score (nSPS) is 20.3. The molecule has 0 amide bonds. The summed E-state index contributed by atoms with van der Waals surface area (Å²) < 4.78 is 0. The monoisotopic (exact) mass is 262 g/mol. The average molecular weight is 262 g/mol. The average Bonchev–Trinajstić information content (AvgIpc) is 2.87. The number of hydrogen-bond acceptors (Lipinski definition) is 4. The Morgan fingerprint density at radius 3 is 2.74 bits per heavy atom. The third-order valence-electron chi connectivity index (χ3n) is 3.85. The van der Waals surface area contributed by atoms with Gasteiger partial charge < -0.3 is 20.7 Å². The van der Waals surface area contributed by atoms with Crippen molar-refractivity contribution >= 4 is 11.5 Å². The van der Waals surface area contributed by atoms with Gasteiger partial charge in [-0.25, -0.2) is 0 Å². The molecule has 1 saturated heterocycles. The molecule has 1 aliphatic heterocycles. The maximum atomic E-state index is 8.74. The van der Waals surface area contributed by atoms with E-state index in [-0.39, 0.29) is 5.84 Å². The van der Waals surface area contributed by atoms with Crippen LogP contribution >= 0.6 is 0 Å². The summed E-state index contributed by atoms with van der Waals surface area (Å²) in [7, 11) is 4.25. The lowest BCUT2D eigenvalue weighted by atomic mass is 10.1. The van der Waals surface area contributed by atoms with Crippen molar-refractivity contribution in [2.24, 2.45) is 10.9 Å². The van der Waals surface area contributed by atoms with Crippen LogP contribution in [0.15, 0.2) is 23.4 Å². The smallest absolute Gasteiger partial charge is 0.170 e. The van der Waals surface area contributed by atoms with Gasteiger partial charge in [0, 0.05) is 30.4 Å². The van der Waals surface area contributed by atoms with Crippen LogP contribution in [0.5, 0.6) is 0 Å². The topological polar surface area (TPSA) is 65.1 Å². The highest BCUT2D eigenvalue weighted by Gasteiger charge is 2.24. The molecule has 1 atom stereocenters. The van der Waals surface area contributed by atoms with Crippen molar-refractivity contribution in [1.29, 1.82) is 0 Å². The minimum atomic E-state index is 0.164. The van der Waals surface area contributed by atoms with E-state index in [4.69, 9.17) is 10.9 Å². The third-order valence-corrected chi connectivity index (χ3v) is 3.85. The van der Waals surface area contributed by atoms with E-state index in [0.29, 0.717) is 6.04 Å². The van der Waals surface area contributed by atoms with Gasteiger partial charge >= 0.3 is 0 Å². The Morgan fingerprint density at radius 2 is 2.21 bits per heavy atom. The number of oxime groups is 1. The van der Waals surface area contributed by atoms with Gasteiger partial charge in [0.25, 0.3) is 0 Å². The molecule has 0 radical (unpaired) electrons. The molecule has 0 spiro atoms. The van der Waals surface area contributed by atoms with Crippen molar-refractivity contribution in [2.45, 2.75) is 19.4 Å². The Morgan fingerprint density at radius 1 is 1.47 bits per heavy atom. The number of amidine groups is 1.